The highest BCUT2D eigenvalue weighted by Crippen LogP contribution is 2.25. The van der Waals surface area contributed by atoms with E-state index in [1.807, 2.05) is 0 Å². The number of aryl methyl sites for hydroxylation is 2. The number of hydrogen-bond donors (Lipinski definition) is 2. The molecule has 1 fully saturated rings. The molecule has 1 amide bonds. The second kappa shape index (κ2) is 11.1. The van der Waals surface area contributed by atoms with E-state index in [9.17, 15) is 14.4 Å². The Balaban J connectivity index is 0.000000286. The number of nitrogens with one attached hydrogen (secondary N) is 2. The first-order valence-corrected chi connectivity index (χ1v) is 12.2. The summed E-state index contributed by atoms with van der Waals surface area (Å²) >= 11 is 11.0. The summed E-state index contributed by atoms with van der Waals surface area (Å²) in [6, 6.07) is 5.26. The van der Waals surface area contributed by atoms with E-state index in [0.29, 0.717) is 28.0 Å². The summed E-state index contributed by atoms with van der Waals surface area (Å²) in [5.74, 6) is -0.292. The van der Waals surface area contributed by atoms with Gasteiger partial charge < -0.3 is 9.73 Å². The van der Waals surface area contributed by atoms with Crippen LogP contribution in [-0.4, -0.2) is 35.5 Å². The number of aromatic nitrogens is 5. The molecule has 0 atom stereocenters. The molecule has 0 aliphatic heterocycles. The Hall–Kier alpha value is -3.44. The minimum atomic E-state index is -0.436. The highest BCUT2D eigenvalue weighted by atomic mass is 35.5. The number of carbonyl (C=O) groups excluding carboxylic acids is 2. The molecule has 2 N–H and O–H groups in total. The topological polar surface area (TPSA) is 137 Å². The van der Waals surface area contributed by atoms with E-state index in [2.05, 4.69) is 25.2 Å². The molecule has 1 saturated carbocycles. The molecule has 11 nitrogen and oxygen atoms in total. The van der Waals surface area contributed by atoms with Crippen LogP contribution in [0.2, 0.25) is 0 Å². The summed E-state index contributed by atoms with van der Waals surface area (Å²) in [4.78, 5) is 45.4. The maximum Gasteiger partial charge on any atom is 0.419 e. The Bertz CT molecular complexity index is 1470. The van der Waals surface area contributed by atoms with E-state index < -0.39 is 5.76 Å². The van der Waals surface area contributed by atoms with E-state index in [0.717, 1.165) is 18.4 Å². The van der Waals surface area contributed by atoms with Crippen molar-refractivity contribution < 1.29 is 14.0 Å². The third-order valence-corrected chi connectivity index (χ3v) is 6.65. The van der Waals surface area contributed by atoms with Crippen LogP contribution in [0.4, 0.5) is 5.82 Å². The van der Waals surface area contributed by atoms with Gasteiger partial charge in [0.1, 0.15) is 17.4 Å². The van der Waals surface area contributed by atoms with E-state index in [1.165, 1.54) is 34.8 Å². The Morgan fingerprint density at radius 1 is 1.17 bits per heavy atom. The SMILES string of the molecule is Cn1nc(NCl)c2ncnc(C(=O)NCc3ccc4oc(=O)n(C)c4c3)c21.O=C(Cl)C1CCCCC1. The Labute approximate surface area is 215 Å². The highest BCUT2D eigenvalue weighted by molar-refractivity contribution is 6.63. The fourth-order valence-electron chi connectivity index (χ4n) is 4.21. The first kappa shape index (κ1) is 25.6. The van der Waals surface area contributed by atoms with Gasteiger partial charge in [0.2, 0.25) is 5.24 Å². The number of rotatable bonds is 5. The molecule has 0 bridgehead atoms. The summed E-state index contributed by atoms with van der Waals surface area (Å²) in [6.07, 6.45) is 6.96. The molecule has 36 heavy (non-hydrogen) atoms. The smallest absolute Gasteiger partial charge is 0.408 e. The van der Waals surface area contributed by atoms with E-state index >= 15 is 0 Å². The molecular formula is C23H25Cl2N7O4. The number of carbonyl (C=O) groups is 2. The number of halogens is 2. The summed E-state index contributed by atoms with van der Waals surface area (Å²) in [5, 5.41) is 6.85. The van der Waals surface area contributed by atoms with Crippen molar-refractivity contribution in [1.82, 2.24) is 29.6 Å². The number of benzene rings is 1. The fourth-order valence-corrected chi connectivity index (χ4v) is 4.56. The molecule has 13 heteroatoms. The van der Waals surface area contributed by atoms with Crippen LogP contribution in [0.3, 0.4) is 0 Å². The lowest BCUT2D eigenvalue weighted by molar-refractivity contribution is -0.115. The fraction of sp³-hybridized carbons (Fsp3) is 0.391. The van der Waals surface area contributed by atoms with E-state index in [4.69, 9.17) is 27.8 Å². The quantitative estimate of drug-likeness (QED) is 0.293. The normalized spacial score (nSPS) is 13.9. The zero-order valence-electron chi connectivity index (χ0n) is 19.8. The van der Waals surface area contributed by atoms with Crippen LogP contribution in [-0.2, 0) is 25.4 Å². The molecule has 0 radical (unpaired) electrons. The lowest BCUT2D eigenvalue weighted by Gasteiger charge is -2.16. The standard InChI is InChI=1S/C16H14ClN7O3.C7H11ClO/c1-23-9-5-8(3-4-10(9)27-16(23)26)6-18-15(25)12-13-11(19-7-20-12)14(21-17)22-24(13)2;8-7(9)6-4-2-1-3-5-6/h3-5,7H,6H2,1-2H3,(H,18,25)(H,21,22);6H,1-5H2. The summed E-state index contributed by atoms with van der Waals surface area (Å²) in [7, 11) is 3.30. The maximum absolute atomic E-state index is 12.6. The van der Waals surface area contributed by atoms with Crippen LogP contribution < -0.4 is 15.9 Å². The van der Waals surface area contributed by atoms with Crippen molar-refractivity contribution in [2.24, 2.45) is 20.0 Å². The molecule has 1 aliphatic rings. The second-order valence-electron chi connectivity index (χ2n) is 8.54. The maximum atomic E-state index is 12.6. The van der Waals surface area contributed by atoms with Crippen molar-refractivity contribution in [3.63, 3.8) is 0 Å². The van der Waals surface area contributed by atoms with Crippen molar-refractivity contribution in [2.75, 3.05) is 4.84 Å². The average molecular weight is 534 g/mol. The molecule has 0 spiro atoms. The van der Waals surface area contributed by atoms with Gasteiger partial charge >= 0.3 is 5.76 Å². The third kappa shape index (κ3) is 5.36. The minimum absolute atomic E-state index is 0.130. The zero-order valence-corrected chi connectivity index (χ0v) is 21.3. The van der Waals surface area contributed by atoms with Gasteiger partial charge in [-0.05, 0) is 42.1 Å². The minimum Gasteiger partial charge on any atom is -0.408 e. The Kier molecular flexibility index (Phi) is 7.90. The van der Waals surface area contributed by atoms with Crippen molar-refractivity contribution >= 4 is 62.5 Å². The first-order valence-electron chi connectivity index (χ1n) is 11.4. The van der Waals surface area contributed by atoms with Crippen LogP contribution in [0.5, 0.6) is 0 Å². The van der Waals surface area contributed by atoms with E-state index in [-0.39, 0.29) is 29.3 Å². The molecule has 190 valence electrons. The Morgan fingerprint density at radius 3 is 2.58 bits per heavy atom. The number of amides is 1. The summed E-state index contributed by atoms with van der Waals surface area (Å²) < 4.78 is 8.00. The number of oxazole rings is 1. The van der Waals surface area contributed by atoms with Gasteiger partial charge in [0, 0.05) is 38.3 Å². The molecule has 1 aliphatic carbocycles. The van der Waals surface area contributed by atoms with Gasteiger partial charge in [-0.15, -0.1) is 0 Å². The van der Waals surface area contributed by atoms with Crippen molar-refractivity contribution in [3.05, 3.63) is 46.3 Å². The number of fused-ring (bicyclic) bond motifs is 2. The zero-order chi connectivity index (χ0) is 25.8. The third-order valence-electron chi connectivity index (χ3n) is 6.16. The predicted molar refractivity (Wildman–Crippen MR) is 136 cm³/mol. The van der Waals surface area contributed by atoms with Crippen LogP contribution in [0.1, 0.15) is 48.2 Å². The first-order chi connectivity index (χ1) is 17.3. The van der Waals surface area contributed by atoms with Gasteiger partial charge in [0.15, 0.2) is 17.1 Å². The lowest BCUT2D eigenvalue weighted by Crippen LogP contribution is -2.24. The van der Waals surface area contributed by atoms with Gasteiger partial charge in [-0.1, -0.05) is 25.3 Å². The van der Waals surface area contributed by atoms with Gasteiger partial charge in [-0.2, -0.15) is 5.10 Å². The predicted octanol–water partition coefficient (Wildman–Crippen LogP) is 3.64. The van der Waals surface area contributed by atoms with Crippen LogP contribution in [0, 0.1) is 5.92 Å². The monoisotopic (exact) mass is 533 g/mol. The molecule has 5 rings (SSSR count). The molecule has 1 aromatic carbocycles. The number of anilines is 1. The molecule has 3 aromatic heterocycles. The molecule has 0 unspecified atom stereocenters. The van der Waals surface area contributed by atoms with Gasteiger partial charge in [0.05, 0.1) is 5.52 Å². The summed E-state index contributed by atoms with van der Waals surface area (Å²) in [5.41, 5.74) is 3.05. The highest BCUT2D eigenvalue weighted by Gasteiger charge is 2.20. The van der Waals surface area contributed by atoms with Gasteiger partial charge in [0.25, 0.3) is 5.91 Å². The van der Waals surface area contributed by atoms with Crippen molar-refractivity contribution in [2.45, 2.75) is 38.6 Å². The Morgan fingerprint density at radius 2 is 1.92 bits per heavy atom. The van der Waals surface area contributed by atoms with Gasteiger partial charge in [-0.25, -0.2) is 14.8 Å². The number of hydrogen-bond acceptors (Lipinski definition) is 8. The van der Waals surface area contributed by atoms with Gasteiger partial charge in [-0.3, -0.25) is 23.7 Å². The molecule has 3 heterocycles. The van der Waals surface area contributed by atoms with E-state index in [1.54, 1.807) is 32.3 Å². The van der Waals surface area contributed by atoms with Crippen LogP contribution >= 0.6 is 23.4 Å². The number of nitrogens with zero attached hydrogens (tertiary/aromatic N) is 5. The second-order valence-corrected chi connectivity index (χ2v) is 9.10. The lowest BCUT2D eigenvalue weighted by atomic mass is 9.90. The molecular weight excluding hydrogens is 509 g/mol. The average Bonchev–Trinajstić information content (AvgIpc) is 3.38. The molecule has 4 aromatic rings. The van der Waals surface area contributed by atoms with Crippen molar-refractivity contribution in [3.8, 4) is 0 Å². The molecule has 0 saturated heterocycles. The van der Waals surface area contributed by atoms with Crippen LogP contribution in [0.15, 0.2) is 33.7 Å². The largest absolute Gasteiger partial charge is 0.419 e. The van der Waals surface area contributed by atoms with Crippen LogP contribution in [0.25, 0.3) is 22.1 Å². The van der Waals surface area contributed by atoms with Crippen molar-refractivity contribution in [1.29, 1.82) is 0 Å². The summed E-state index contributed by atoms with van der Waals surface area (Å²) in [6.45, 7) is 0.248.